The molecule has 0 aliphatic heterocycles. The quantitative estimate of drug-likeness (QED) is 0.781. The number of benzene rings is 1. The standard InChI is InChI=1S/C19H27N3O2/c1-5-13(2)16-8-6-7-9-18(16)24-12-19(23)20-11-10-17-14(3)21-22-15(17)4/h6-9,13H,5,10-12H2,1-4H3,(H,20,23)(H,21,22). The lowest BCUT2D eigenvalue weighted by Gasteiger charge is -2.15. The molecular weight excluding hydrogens is 302 g/mol. The molecule has 0 saturated heterocycles. The average molecular weight is 329 g/mol. The van der Waals surface area contributed by atoms with E-state index in [2.05, 4.69) is 35.4 Å². The number of para-hydroxylation sites is 1. The molecule has 1 atom stereocenters. The zero-order valence-electron chi connectivity index (χ0n) is 15.0. The van der Waals surface area contributed by atoms with Crippen LogP contribution in [0.3, 0.4) is 0 Å². The minimum Gasteiger partial charge on any atom is -0.483 e. The van der Waals surface area contributed by atoms with Gasteiger partial charge in [0.15, 0.2) is 6.61 Å². The molecule has 24 heavy (non-hydrogen) atoms. The van der Waals surface area contributed by atoms with Gasteiger partial charge >= 0.3 is 0 Å². The van der Waals surface area contributed by atoms with Crippen LogP contribution in [0.2, 0.25) is 0 Å². The highest BCUT2D eigenvalue weighted by molar-refractivity contribution is 5.77. The van der Waals surface area contributed by atoms with E-state index in [0.29, 0.717) is 12.5 Å². The minimum atomic E-state index is -0.104. The van der Waals surface area contributed by atoms with Crippen LogP contribution in [0.5, 0.6) is 5.75 Å². The number of H-pyrrole nitrogens is 1. The molecule has 0 saturated carbocycles. The Bertz CT molecular complexity index is 660. The highest BCUT2D eigenvalue weighted by atomic mass is 16.5. The Hall–Kier alpha value is -2.30. The molecule has 0 radical (unpaired) electrons. The molecule has 0 fully saturated rings. The summed E-state index contributed by atoms with van der Waals surface area (Å²) in [6.07, 6.45) is 1.80. The minimum absolute atomic E-state index is 0.0385. The number of aromatic amines is 1. The topological polar surface area (TPSA) is 67.0 Å². The molecule has 1 amide bonds. The van der Waals surface area contributed by atoms with Crippen molar-refractivity contribution in [2.75, 3.05) is 13.2 Å². The van der Waals surface area contributed by atoms with Crippen molar-refractivity contribution in [2.45, 2.75) is 46.5 Å². The van der Waals surface area contributed by atoms with E-state index in [9.17, 15) is 4.79 Å². The first-order chi connectivity index (χ1) is 11.5. The molecule has 2 rings (SSSR count). The van der Waals surface area contributed by atoms with E-state index in [1.165, 1.54) is 5.56 Å². The van der Waals surface area contributed by atoms with Crippen LogP contribution in [0.4, 0.5) is 0 Å². The van der Waals surface area contributed by atoms with Crippen LogP contribution in [-0.2, 0) is 11.2 Å². The van der Waals surface area contributed by atoms with Gasteiger partial charge in [0.2, 0.25) is 0 Å². The molecule has 1 unspecified atom stereocenters. The van der Waals surface area contributed by atoms with Crippen molar-refractivity contribution in [1.29, 1.82) is 0 Å². The molecule has 0 spiro atoms. The van der Waals surface area contributed by atoms with Gasteiger partial charge in [0.1, 0.15) is 5.75 Å². The average Bonchev–Trinajstić information content (AvgIpc) is 2.91. The third-order valence-electron chi connectivity index (χ3n) is 4.40. The summed E-state index contributed by atoms with van der Waals surface area (Å²) in [6.45, 7) is 8.89. The number of hydrogen-bond donors (Lipinski definition) is 2. The normalized spacial score (nSPS) is 12.0. The number of hydrogen-bond acceptors (Lipinski definition) is 3. The Balaban J connectivity index is 1.82. The van der Waals surface area contributed by atoms with Crippen LogP contribution in [0, 0.1) is 13.8 Å². The Morgan fingerprint density at radius 1 is 1.33 bits per heavy atom. The summed E-state index contributed by atoms with van der Waals surface area (Å²) in [5.74, 6) is 1.10. The number of amides is 1. The third kappa shape index (κ3) is 4.60. The van der Waals surface area contributed by atoms with Gasteiger partial charge in [0, 0.05) is 12.2 Å². The fraction of sp³-hybridized carbons (Fsp3) is 0.474. The summed E-state index contributed by atoms with van der Waals surface area (Å²) in [5, 5.41) is 10.0. The first kappa shape index (κ1) is 18.0. The van der Waals surface area contributed by atoms with E-state index in [-0.39, 0.29) is 12.5 Å². The van der Waals surface area contributed by atoms with E-state index < -0.39 is 0 Å². The van der Waals surface area contributed by atoms with Gasteiger partial charge in [0.25, 0.3) is 5.91 Å². The lowest BCUT2D eigenvalue weighted by molar-refractivity contribution is -0.123. The first-order valence-corrected chi connectivity index (χ1v) is 8.51. The van der Waals surface area contributed by atoms with Crippen molar-refractivity contribution in [3.63, 3.8) is 0 Å². The number of carbonyl (C=O) groups is 1. The summed E-state index contributed by atoms with van der Waals surface area (Å²) in [4.78, 5) is 12.0. The molecule has 1 heterocycles. The van der Waals surface area contributed by atoms with Crippen molar-refractivity contribution < 1.29 is 9.53 Å². The molecule has 1 aromatic heterocycles. The van der Waals surface area contributed by atoms with E-state index in [4.69, 9.17) is 4.74 Å². The second-order valence-corrected chi connectivity index (χ2v) is 6.15. The third-order valence-corrected chi connectivity index (χ3v) is 4.40. The Kier molecular flexibility index (Phi) is 6.41. The molecule has 1 aromatic carbocycles. The van der Waals surface area contributed by atoms with Gasteiger partial charge in [-0.25, -0.2) is 0 Å². The van der Waals surface area contributed by atoms with Crippen LogP contribution in [-0.4, -0.2) is 29.3 Å². The van der Waals surface area contributed by atoms with Gasteiger partial charge in [-0.15, -0.1) is 0 Å². The maximum atomic E-state index is 12.0. The first-order valence-electron chi connectivity index (χ1n) is 8.51. The monoisotopic (exact) mass is 329 g/mol. The van der Waals surface area contributed by atoms with Crippen molar-refractivity contribution in [3.8, 4) is 5.75 Å². The smallest absolute Gasteiger partial charge is 0.257 e. The molecule has 5 heteroatoms. The maximum Gasteiger partial charge on any atom is 0.257 e. The molecular formula is C19H27N3O2. The molecule has 0 aliphatic carbocycles. The Morgan fingerprint density at radius 2 is 2.08 bits per heavy atom. The zero-order valence-corrected chi connectivity index (χ0v) is 15.0. The number of carbonyl (C=O) groups excluding carboxylic acids is 1. The number of aromatic nitrogens is 2. The summed E-state index contributed by atoms with van der Waals surface area (Å²) in [7, 11) is 0. The fourth-order valence-corrected chi connectivity index (χ4v) is 2.70. The Labute approximate surface area is 143 Å². The Morgan fingerprint density at radius 3 is 2.75 bits per heavy atom. The summed E-state index contributed by atoms with van der Waals surface area (Å²) >= 11 is 0. The van der Waals surface area contributed by atoms with E-state index >= 15 is 0 Å². The molecule has 2 N–H and O–H groups in total. The predicted molar refractivity (Wildman–Crippen MR) is 95.4 cm³/mol. The van der Waals surface area contributed by atoms with Gasteiger partial charge < -0.3 is 10.1 Å². The molecule has 0 aliphatic rings. The maximum absolute atomic E-state index is 12.0. The highest BCUT2D eigenvalue weighted by Gasteiger charge is 2.11. The van der Waals surface area contributed by atoms with E-state index in [0.717, 1.165) is 35.5 Å². The number of aryl methyl sites for hydroxylation is 2. The van der Waals surface area contributed by atoms with Crippen molar-refractivity contribution >= 4 is 5.91 Å². The van der Waals surface area contributed by atoms with Gasteiger partial charge in [-0.05, 0) is 49.8 Å². The van der Waals surface area contributed by atoms with Crippen LogP contribution in [0.25, 0.3) is 0 Å². The molecule has 0 bridgehead atoms. The van der Waals surface area contributed by atoms with Crippen LogP contribution < -0.4 is 10.1 Å². The van der Waals surface area contributed by atoms with Gasteiger partial charge in [0.05, 0.1) is 5.69 Å². The summed E-state index contributed by atoms with van der Waals surface area (Å²) in [6, 6.07) is 7.92. The van der Waals surface area contributed by atoms with Crippen LogP contribution >= 0.6 is 0 Å². The van der Waals surface area contributed by atoms with Gasteiger partial charge in [-0.3, -0.25) is 9.89 Å². The summed E-state index contributed by atoms with van der Waals surface area (Å²) in [5.41, 5.74) is 4.36. The molecule has 130 valence electrons. The van der Waals surface area contributed by atoms with Crippen LogP contribution in [0.1, 0.15) is 48.7 Å². The predicted octanol–water partition coefficient (Wildman–Crippen LogP) is 3.28. The molecule has 5 nitrogen and oxygen atoms in total. The van der Waals surface area contributed by atoms with E-state index in [1.807, 2.05) is 32.0 Å². The summed E-state index contributed by atoms with van der Waals surface area (Å²) < 4.78 is 5.73. The SMILES string of the molecule is CCC(C)c1ccccc1OCC(=O)NCCc1c(C)n[nH]c1C. The number of rotatable bonds is 8. The van der Waals surface area contributed by atoms with Crippen molar-refractivity contribution in [2.24, 2.45) is 0 Å². The van der Waals surface area contributed by atoms with Gasteiger partial charge in [-0.2, -0.15) is 5.10 Å². The number of ether oxygens (including phenoxy) is 1. The number of nitrogens with one attached hydrogen (secondary N) is 2. The molecule has 2 aromatic rings. The van der Waals surface area contributed by atoms with Crippen LogP contribution in [0.15, 0.2) is 24.3 Å². The van der Waals surface area contributed by atoms with Gasteiger partial charge in [-0.1, -0.05) is 32.0 Å². The lowest BCUT2D eigenvalue weighted by atomic mass is 9.98. The highest BCUT2D eigenvalue weighted by Crippen LogP contribution is 2.28. The zero-order chi connectivity index (χ0) is 17.5. The van der Waals surface area contributed by atoms with E-state index in [1.54, 1.807) is 0 Å². The van der Waals surface area contributed by atoms with Crippen molar-refractivity contribution in [3.05, 3.63) is 46.8 Å². The lowest BCUT2D eigenvalue weighted by Crippen LogP contribution is -2.30. The van der Waals surface area contributed by atoms with Crippen molar-refractivity contribution in [1.82, 2.24) is 15.5 Å². The second kappa shape index (κ2) is 8.52. The number of nitrogens with zero attached hydrogens (tertiary/aromatic N) is 1. The second-order valence-electron chi connectivity index (χ2n) is 6.15. The fourth-order valence-electron chi connectivity index (χ4n) is 2.70. The largest absolute Gasteiger partial charge is 0.483 e.